The van der Waals surface area contributed by atoms with E-state index in [1.807, 2.05) is 51.1 Å². The lowest BCUT2D eigenvalue weighted by molar-refractivity contribution is 0.0480. The summed E-state index contributed by atoms with van der Waals surface area (Å²) in [6, 6.07) is 10.1. The third-order valence-electron chi connectivity index (χ3n) is 2.60. The Morgan fingerprint density at radius 3 is 2.41 bits per heavy atom. The molecule has 0 saturated heterocycles. The predicted octanol–water partition coefficient (Wildman–Crippen LogP) is 3.13. The van der Waals surface area contributed by atoms with Gasteiger partial charge in [-0.1, -0.05) is 30.3 Å². The molecule has 1 N–H and O–H groups in total. The van der Waals surface area contributed by atoms with Crippen molar-refractivity contribution in [1.82, 2.24) is 5.32 Å². The molecule has 0 bridgehead atoms. The van der Waals surface area contributed by atoms with Crippen molar-refractivity contribution in [2.45, 2.75) is 39.4 Å². The van der Waals surface area contributed by atoms with Crippen LogP contribution in [0.25, 0.3) is 0 Å². The van der Waals surface area contributed by atoms with Gasteiger partial charge in [0, 0.05) is 19.8 Å². The maximum absolute atomic E-state index is 11.4. The lowest BCUT2D eigenvalue weighted by Gasteiger charge is -2.19. The lowest BCUT2D eigenvalue weighted by atomic mass is 10.2. The first kappa shape index (κ1) is 18.5. The van der Waals surface area contributed by atoms with E-state index in [0.717, 1.165) is 6.42 Å². The van der Waals surface area contributed by atoms with E-state index in [0.29, 0.717) is 33.0 Å². The van der Waals surface area contributed by atoms with Gasteiger partial charge in [0.15, 0.2) is 0 Å². The van der Waals surface area contributed by atoms with Crippen molar-refractivity contribution >= 4 is 6.09 Å². The molecule has 1 amide bonds. The molecule has 0 aliphatic rings. The molecule has 0 spiro atoms. The summed E-state index contributed by atoms with van der Waals surface area (Å²) in [5.74, 6) is 0. The number of ether oxygens (including phenoxy) is 3. The van der Waals surface area contributed by atoms with Crippen molar-refractivity contribution in [2.24, 2.45) is 0 Å². The number of alkyl carbamates (subject to hydrolysis) is 1. The summed E-state index contributed by atoms with van der Waals surface area (Å²) in [5.41, 5.74) is 0.700. The zero-order chi connectivity index (χ0) is 16.3. The van der Waals surface area contributed by atoms with Gasteiger partial charge in [0.2, 0.25) is 0 Å². The smallest absolute Gasteiger partial charge is 0.407 e. The molecular weight excluding hydrogens is 282 g/mol. The number of hydrogen-bond donors (Lipinski definition) is 1. The van der Waals surface area contributed by atoms with Crippen molar-refractivity contribution in [3.8, 4) is 0 Å². The highest BCUT2D eigenvalue weighted by Crippen LogP contribution is 2.06. The van der Waals surface area contributed by atoms with E-state index in [2.05, 4.69) is 5.32 Å². The van der Waals surface area contributed by atoms with Crippen LogP contribution in [0.2, 0.25) is 0 Å². The highest BCUT2D eigenvalue weighted by atomic mass is 16.6. The Bertz CT molecular complexity index is 414. The number of rotatable bonds is 9. The molecule has 5 nitrogen and oxygen atoms in total. The zero-order valence-electron chi connectivity index (χ0n) is 13.8. The Labute approximate surface area is 132 Å². The van der Waals surface area contributed by atoms with Crippen LogP contribution in [0, 0.1) is 0 Å². The molecule has 0 heterocycles. The fraction of sp³-hybridized carbons (Fsp3) is 0.588. The van der Waals surface area contributed by atoms with Gasteiger partial charge in [0.1, 0.15) is 5.60 Å². The summed E-state index contributed by atoms with van der Waals surface area (Å²) in [6.07, 6.45) is 0.418. The van der Waals surface area contributed by atoms with Crippen LogP contribution < -0.4 is 5.32 Å². The summed E-state index contributed by atoms with van der Waals surface area (Å²) in [6.45, 7) is 8.31. The molecule has 0 aromatic heterocycles. The largest absolute Gasteiger partial charge is 0.444 e. The van der Waals surface area contributed by atoms with Gasteiger partial charge in [-0.3, -0.25) is 0 Å². The van der Waals surface area contributed by atoms with Crippen LogP contribution in [-0.2, 0) is 20.8 Å². The molecular formula is C17H27NO4. The normalized spacial score (nSPS) is 11.2. The fourth-order valence-electron chi connectivity index (χ4n) is 1.67. The second-order valence-electron chi connectivity index (χ2n) is 5.93. The van der Waals surface area contributed by atoms with Crippen LogP contribution in [0.5, 0.6) is 0 Å². The lowest BCUT2D eigenvalue weighted by Crippen LogP contribution is -2.34. The summed E-state index contributed by atoms with van der Waals surface area (Å²) in [5, 5.41) is 2.65. The van der Waals surface area contributed by atoms with Crippen LogP contribution >= 0.6 is 0 Å². The van der Waals surface area contributed by atoms with E-state index in [1.54, 1.807) is 0 Å². The van der Waals surface area contributed by atoms with E-state index in [4.69, 9.17) is 14.2 Å². The second kappa shape index (κ2) is 10.2. The van der Waals surface area contributed by atoms with Gasteiger partial charge < -0.3 is 19.5 Å². The molecule has 0 fully saturated rings. The third-order valence-corrected chi connectivity index (χ3v) is 2.60. The van der Waals surface area contributed by atoms with Gasteiger partial charge in [-0.25, -0.2) is 4.79 Å². The first-order valence-corrected chi connectivity index (χ1v) is 7.63. The third kappa shape index (κ3) is 10.2. The monoisotopic (exact) mass is 309 g/mol. The van der Waals surface area contributed by atoms with E-state index in [1.165, 1.54) is 5.56 Å². The first-order chi connectivity index (χ1) is 10.5. The van der Waals surface area contributed by atoms with Crippen LogP contribution in [0.15, 0.2) is 30.3 Å². The molecule has 1 aromatic carbocycles. The summed E-state index contributed by atoms with van der Waals surface area (Å²) in [4.78, 5) is 11.4. The van der Waals surface area contributed by atoms with E-state index in [-0.39, 0.29) is 0 Å². The predicted molar refractivity (Wildman–Crippen MR) is 85.8 cm³/mol. The van der Waals surface area contributed by atoms with Crippen molar-refractivity contribution in [3.05, 3.63) is 35.9 Å². The standard InChI is InChI=1S/C17H27NO4/c1-17(2,3)22-16(19)18-10-13-20-11-7-12-21-14-15-8-5-4-6-9-15/h4-6,8-9H,7,10-14H2,1-3H3,(H,18,19). The molecule has 0 radical (unpaired) electrons. The minimum atomic E-state index is -0.471. The van der Waals surface area contributed by atoms with Crippen LogP contribution in [0.3, 0.4) is 0 Å². The SMILES string of the molecule is CC(C)(C)OC(=O)NCCOCCCOCc1ccccc1. The van der Waals surface area contributed by atoms with Crippen molar-refractivity contribution in [3.63, 3.8) is 0 Å². The molecule has 0 atom stereocenters. The van der Waals surface area contributed by atoms with Crippen molar-refractivity contribution in [1.29, 1.82) is 0 Å². The fourth-order valence-corrected chi connectivity index (χ4v) is 1.67. The Hall–Kier alpha value is -1.59. The zero-order valence-corrected chi connectivity index (χ0v) is 13.8. The van der Waals surface area contributed by atoms with Gasteiger partial charge in [-0.15, -0.1) is 0 Å². The summed E-state index contributed by atoms with van der Waals surface area (Å²) in [7, 11) is 0. The van der Waals surface area contributed by atoms with Gasteiger partial charge in [-0.05, 0) is 32.8 Å². The van der Waals surface area contributed by atoms with Crippen LogP contribution in [0.1, 0.15) is 32.8 Å². The quantitative estimate of drug-likeness (QED) is 0.712. The number of nitrogens with one attached hydrogen (secondary N) is 1. The van der Waals surface area contributed by atoms with Gasteiger partial charge >= 0.3 is 6.09 Å². The van der Waals surface area contributed by atoms with Crippen LogP contribution in [-0.4, -0.2) is 38.1 Å². The number of amides is 1. The molecule has 22 heavy (non-hydrogen) atoms. The maximum atomic E-state index is 11.4. The van der Waals surface area contributed by atoms with Crippen molar-refractivity contribution < 1.29 is 19.0 Å². The Morgan fingerprint density at radius 2 is 1.73 bits per heavy atom. The number of carbonyl (C=O) groups is 1. The van der Waals surface area contributed by atoms with Crippen molar-refractivity contribution in [2.75, 3.05) is 26.4 Å². The Kier molecular flexibility index (Phi) is 8.55. The molecule has 5 heteroatoms. The van der Waals surface area contributed by atoms with E-state index < -0.39 is 11.7 Å². The Balaban J connectivity index is 1.89. The highest BCUT2D eigenvalue weighted by molar-refractivity contribution is 5.67. The average molecular weight is 309 g/mol. The number of hydrogen-bond acceptors (Lipinski definition) is 4. The maximum Gasteiger partial charge on any atom is 0.407 e. The molecule has 0 aliphatic carbocycles. The molecule has 1 aromatic rings. The van der Waals surface area contributed by atoms with Gasteiger partial charge in [0.05, 0.1) is 13.2 Å². The van der Waals surface area contributed by atoms with E-state index >= 15 is 0 Å². The van der Waals surface area contributed by atoms with Gasteiger partial charge in [0.25, 0.3) is 0 Å². The molecule has 0 aliphatic heterocycles. The topological polar surface area (TPSA) is 56.8 Å². The van der Waals surface area contributed by atoms with Crippen LogP contribution in [0.4, 0.5) is 4.79 Å². The first-order valence-electron chi connectivity index (χ1n) is 7.63. The Morgan fingerprint density at radius 1 is 1.05 bits per heavy atom. The second-order valence-corrected chi connectivity index (χ2v) is 5.93. The summed E-state index contributed by atoms with van der Waals surface area (Å²) < 4.78 is 16.1. The number of carbonyl (C=O) groups excluding carboxylic acids is 1. The molecule has 0 unspecified atom stereocenters. The minimum absolute atomic E-state index is 0.415. The molecule has 1 rings (SSSR count). The summed E-state index contributed by atoms with van der Waals surface area (Å²) >= 11 is 0. The highest BCUT2D eigenvalue weighted by Gasteiger charge is 2.15. The molecule has 124 valence electrons. The van der Waals surface area contributed by atoms with E-state index in [9.17, 15) is 4.79 Å². The number of benzene rings is 1. The van der Waals surface area contributed by atoms with Gasteiger partial charge in [-0.2, -0.15) is 0 Å². The minimum Gasteiger partial charge on any atom is -0.444 e. The molecule has 0 saturated carbocycles. The average Bonchev–Trinajstić information content (AvgIpc) is 2.44.